The molecule has 0 fully saturated rings. The molecule has 0 aromatic rings. The number of hydrogen-bond donors (Lipinski definition) is 2. The Hall–Kier alpha value is -1.32. The van der Waals surface area contributed by atoms with Crippen LogP contribution in [0.15, 0.2) is 12.2 Å². The Labute approximate surface area is 77.6 Å². The van der Waals surface area contributed by atoms with Gasteiger partial charge in [0.05, 0.1) is 5.92 Å². The summed E-state index contributed by atoms with van der Waals surface area (Å²) in [4.78, 5) is 21.7. The summed E-state index contributed by atoms with van der Waals surface area (Å²) >= 11 is 0. The van der Waals surface area contributed by atoms with E-state index in [4.69, 9.17) is 5.11 Å². The minimum Gasteiger partial charge on any atom is -0.481 e. The van der Waals surface area contributed by atoms with E-state index in [9.17, 15) is 9.59 Å². The Kier molecular flexibility index (Phi) is 4.80. The fourth-order valence-corrected chi connectivity index (χ4v) is 0.927. The Morgan fingerprint density at radius 2 is 2.08 bits per heavy atom. The van der Waals surface area contributed by atoms with E-state index in [0.29, 0.717) is 12.1 Å². The Balaban J connectivity index is 4.19. The molecule has 2 N–H and O–H groups in total. The number of amides is 1. The van der Waals surface area contributed by atoms with E-state index in [1.807, 2.05) is 0 Å². The minimum atomic E-state index is -1.00. The summed E-state index contributed by atoms with van der Waals surface area (Å²) in [5, 5.41) is 11.3. The van der Waals surface area contributed by atoms with E-state index in [-0.39, 0.29) is 12.3 Å². The van der Waals surface area contributed by atoms with Crippen LogP contribution < -0.4 is 5.32 Å². The lowest BCUT2D eigenvalue weighted by Crippen LogP contribution is -2.28. The molecular formula is C9H15NO3. The maximum atomic E-state index is 11.0. The monoisotopic (exact) mass is 185 g/mol. The van der Waals surface area contributed by atoms with Gasteiger partial charge in [0.1, 0.15) is 0 Å². The fraction of sp³-hybridized carbons (Fsp3) is 0.556. The topological polar surface area (TPSA) is 66.4 Å². The molecule has 0 aromatic carbocycles. The molecule has 0 heterocycles. The predicted octanol–water partition coefficient (Wildman–Crippen LogP) is 0.790. The summed E-state index contributed by atoms with van der Waals surface area (Å²) < 4.78 is 0. The lowest BCUT2D eigenvalue weighted by atomic mass is 9.98. The molecule has 0 aliphatic heterocycles. The first-order valence-corrected chi connectivity index (χ1v) is 4.14. The minimum absolute atomic E-state index is 0.0293. The number of carboxylic acids is 1. The molecule has 1 unspecified atom stereocenters. The summed E-state index contributed by atoms with van der Waals surface area (Å²) in [7, 11) is 0. The molecule has 0 aliphatic carbocycles. The van der Waals surface area contributed by atoms with Gasteiger partial charge in [-0.25, -0.2) is 0 Å². The molecule has 0 aromatic heterocycles. The molecule has 0 radical (unpaired) electrons. The van der Waals surface area contributed by atoms with E-state index >= 15 is 0 Å². The highest BCUT2D eigenvalue weighted by Gasteiger charge is 2.21. The summed E-state index contributed by atoms with van der Waals surface area (Å²) in [5.41, 5.74) is 0.499. The average Bonchev–Trinajstić information content (AvgIpc) is 1.99. The van der Waals surface area contributed by atoms with Crippen LogP contribution in [0.25, 0.3) is 0 Å². The van der Waals surface area contributed by atoms with Crippen LogP contribution in [0, 0.1) is 5.92 Å². The number of carboxylic acid groups (broad SMARTS) is 1. The van der Waals surface area contributed by atoms with E-state index in [1.165, 1.54) is 0 Å². The molecule has 0 bridgehead atoms. The van der Waals surface area contributed by atoms with E-state index in [2.05, 4.69) is 11.9 Å². The second-order valence-electron chi connectivity index (χ2n) is 2.89. The smallest absolute Gasteiger partial charge is 0.311 e. The molecule has 4 nitrogen and oxygen atoms in total. The number of nitrogens with one attached hydrogen (secondary N) is 1. The summed E-state index contributed by atoms with van der Waals surface area (Å²) in [6.45, 7) is 7.44. The number of aliphatic carboxylic acids is 1. The van der Waals surface area contributed by atoms with Crippen molar-refractivity contribution >= 4 is 11.9 Å². The molecule has 0 saturated carbocycles. The normalized spacial score (nSPS) is 11.8. The zero-order valence-corrected chi connectivity index (χ0v) is 7.96. The SMILES string of the molecule is C=C(C)C(CC(=O)NCC)C(=O)O. The zero-order chi connectivity index (χ0) is 10.4. The second-order valence-corrected chi connectivity index (χ2v) is 2.89. The molecule has 0 saturated heterocycles. The van der Waals surface area contributed by atoms with Gasteiger partial charge in [-0.3, -0.25) is 9.59 Å². The molecule has 1 atom stereocenters. The molecule has 74 valence electrons. The van der Waals surface area contributed by atoms with Crippen LogP contribution >= 0.6 is 0 Å². The van der Waals surface area contributed by atoms with Crippen molar-refractivity contribution in [2.45, 2.75) is 20.3 Å². The van der Waals surface area contributed by atoms with Crippen molar-refractivity contribution in [1.29, 1.82) is 0 Å². The van der Waals surface area contributed by atoms with Gasteiger partial charge in [-0.2, -0.15) is 0 Å². The Morgan fingerprint density at radius 3 is 2.38 bits per heavy atom. The largest absolute Gasteiger partial charge is 0.481 e. The van der Waals surface area contributed by atoms with Gasteiger partial charge in [-0.05, 0) is 13.8 Å². The lowest BCUT2D eigenvalue weighted by molar-refractivity contribution is -0.142. The van der Waals surface area contributed by atoms with Crippen molar-refractivity contribution < 1.29 is 14.7 Å². The van der Waals surface area contributed by atoms with Gasteiger partial charge in [0.25, 0.3) is 0 Å². The molecule has 4 heteroatoms. The lowest BCUT2D eigenvalue weighted by Gasteiger charge is -2.10. The van der Waals surface area contributed by atoms with Gasteiger partial charge >= 0.3 is 5.97 Å². The van der Waals surface area contributed by atoms with Crippen molar-refractivity contribution in [3.05, 3.63) is 12.2 Å². The number of hydrogen-bond acceptors (Lipinski definition) is 2. The highest BCUT2D eigenvalue weighted by molar-refractivity contribution is 5.83. The van der Waals surface area contributed by atoms with Gasteiger partial charge in [0, 0.05) is 13.0 Å². The van der Waals surface area contributed by atoms with Crippen molar-refractivity contribution in [1.82, 2.24) is 5.32 Å². The third kappa shape index (κ3) is 4.30. The standard InChI is InChI=1S/C9H15NO3/c1-4-10-8(11)5-7(6(2)3)9(12)13/h7H,2,4-5H2,1,3H3,(H,10,11)(H,12,13). The van der Waals surface area contributed by atoms with E-state index < -0.39 is 11.9 Å². The summed E-state index contributed by atoms with van der Waals surface area (Å²) in [6, 6.07) is 0. The molecule has 0 rings (SSSR count). The summed E-state index contributed by atoms with van der Waals surface area (Å²) in [6.07, 6.45) is -0.0293. The van der Waals surface area contributed by atoms with Crippen LogP contribution in [-0.4, -0.2) is 23.5 Å². The molecular weight excluding hydrogens is 170 g/mol. The number of carbonyl (C=O) groups excluding carboxylic acids is 1. The Bertz CT molecular complexity index is 209. The first-order valence-electron chi connectivity index (χ1n) is 4.14. The van der Waals surface area contributed by atoms with Gasteiger partial charge in [0.15, 0.2) is 0 Å². The van der Waals surface area contributed by atoms with Gasteiger partial charge in [0.2, 0.25) is 5.91 Å². The van der Waals surface area contributed by atoms with Gasteiger partial charge < -0.3 is 10.4 Å². The molecule has 0 aliphatic rings. The average molecular weight is 185 g/mol. The van der Waals surface area contributed by atoms with Gasteiger partial charge in [-0.1, -0.05) is 12.2 Å². The Morgan fingerprint density at radius 1 is 1.54 bits per heavy atom. The van der Waals surface area contributed by atoms with Gasteiger partial charge in [-0.15, -0.1) is 0 Å². The number of carbonyl (C=O) groups is 2. The van der Waals surface area contributed by atoms with Crippen LogP contribution in [0.3, 0.4) is 0 Å². The van der Waals surface area contributed by atoms with Crippen molar-refractivity contribution in [2.75, 3.05) is 6.54 Å². The maximum absolute atomic E-state index is 11.0. The highest BCUT2D eigenvalue weighted by atomic mass is 16.4. The molecule has 0 spiro atoms. The van der Waals surface area contributed by atoms with Crippen LogP contribution in [0.1, 0.15) is 20.3 Å². The first kappa shape index (κ1) is 11.7. The van der Waals surface area contributed by atoms with Crippen molar-refractivity contribution in [3.8, 4) is 0 Å². The zero-order valence-electron chi connectivity index (χ0n) is 7.96. The highest BCUT2D eigenvalue weighted by Crippen LogP contribution is 2.12. The summed E-state index contributed by atoms with van der Waals surface area (Å²) in [5.74, 6) is -2.02. The van der Waals surface area contributed by atoms with Crippen molar-refractivity contribution in [2.24, 2.45) is 5.92 Å². The third-order valence-electron chi connectivity index (χ3n) is 1.66. The molecule has 13 heavy (non-hydrogen) atoms. The fourth-order valence-electron chi connectivity index (χ4n) is 0.927. The predicted molar refractivity (Wildman–Crippen MR) is 49.2 cm³/mol. The maximum Gasteiger partial charge on any atom is 0.311 e. The quantitative estimate of drug-likeness (QED) is 0.622. The van der Waals surface area contributed by atoms with Crippen LogP contribution in [0.2, 0.25) is 0 Å². The van der Waals surface area contributed by atoms with E-state index in [1.54, 1.807) is 13.8 Å². The van der Waals surface area contributed by atoms with Crippen molar-refractivity contribution in [3.63, 3.8) is 0 Å². The van der Waals surface area contributed by atoms with Crippen LogP contribution in [0.5, 0.6) is 0 Å². The second kappa shape index (κ2) is 5.35. The molecule has 1 amide bonds. The first-order chi connectivity index (χ1) is 5.99. The van der Waals surface area contributed by atoms with E-state index in [0.717, 1.165) is 0 Å². The third-order valence-corrected chi connectivity index (χ3v) is 1.66. The number of rotatable bonds is 5. The van der Waals surface area contributed by atoms with Crippen LogP contribution in [-0.2, 0) is 9.59 Å². The van der Waals surface area contributed by atoms with Crippen LogP contribution in [0.4, 0.5) is 0 Å².